The van der Waals surface area contributed by atoms with Crippen LogP contribution in [0.1, 0.15) is 40.8 Å². The van der Waals surface area contributed by atoms with Crippen LogP contribution < -0.4 is 14.7 Å². The molecule has 127 heavy (non-hydrogen) atoms. The Balaban J connectivity index is 0.000000118. The van der Waals surface area contributed by atoms with Crippen molar-refractivity contribution in [2.75, 3.05) is 14.7 Å². The second-order valence-electron chi connectivity index (χ2n) is 33.8. The average molecular weight is 1830 g/mol. The van der Waals surface area contributed by atoms with Gasteiger partial charge in [-0.25, -0.2) is 0 Å². The standard InChI is InChI=1S/C56H38N2O.C40H26BrNO.C22H14Br2.CH4/c1-35-33-50(57(38-19-5-3-6-20-38)47-28-15-18-37-17-9-10-23-41(37)47)53-44-26-12-11-25-43(44)52-36(2)34-49(46-32-31-40(35)54(53)55(46)52)58(39-21-7-4-8-22-39)48-29-16-27-45-42-24-13-14-30-51(42)59-56(45)48;1-23-21-32(41)37-29-15-7-6-14-28(29)36-24(2)22-34(31-20-19-26(23)38(37)39(31)36)42(25-11-4-3-5-12-25)33-17-10-16-30-27-13-8-9-18-35(27)43-40(30)33;1-11-9-18(24)20-15-6-4-3-5-14(15)19-12(2)10-17(23)16-8-7-13(11)21(20)22(16)19;/h3-34H,1-2H3;3-22H,1-2H3;3-10H,1-2H3;1H4. The van der Waals surface area contributed by atoms with Crippen molar-refractivity contribution in [3.05, 3.63) is 411 Å². The SMILES string of the molecule is C.Cc1cc(Br)c2c3ccccc3c3c(C)cc(Br)c4ccc1c2c43.Cc1cc(Br)c2c3ccccc3c3c(C)cc(N(c4ccccc4)c4cccc5c4oc4ccccc45)c4ccc1c2c43.Cc1cc(N(c2ccccc2)c2cccc3ccccc23)c2c3ccccc3c3c(C)cc(N(c4ccccc4)c4cccc5c4oc4ccccc45)c4ccc1c2c43. The van der Waals surface area contributed by atoms with E-state index in [1.165, 1.54) is 182 Å². The summed E-state index contributed by atoms with van der Waals surface area (Å²) >= 11 is 11.6. The van der Waals surface area contributed by atoms with Crippen LogP contribution in [0.5, 0.6) is 0 Å². The number of benzene rings is 24. The van der Waals surface area contributed by atoms with Gasteiger partial charge >= 0.3 is 0 Å². The van der Waals surface area contributed by atoms with E-state index in [4.69, 9.17) is 8.83 Å². The fraction of sp³-hybridized carbons (Fsp3) is 0.0588. The normalized spacial score (nSPS) is 11.9. The van der Waals surface area contributed by atoms with Crippen LogP contribution in [0.4, 0.5) is 51.2 Å². The van der Waals surface area contributed by atoms with Gasteiger partial charge in [0.2, 0.25) is 0 Å². The first-order chi connectivity index (χ1) is 61.8. The van der Waals surface area contributed by atoms with Crippen LogP contribution in [-0.2, 0) is 0 Å². The van der Waals surface area contributed by atoms with Gasteiger partial charge in [-0.2, -0.15) is 0 Å². The summed E-state index contributed by atoms with van der Waals surface area (Å²) in [6, 6.07) is 132. The Hall–Kier alpha value is -14.1. The largest absolute Gasteiger partial charge is 0.454 e. The highest BCUT2D eigenvalue weighted by Gasteiger charge is 2.31. The molecule has 2 aromatic heterocycles. The third-order valence-electron chi connectivity index (χ3n) is 26.6. The summed E-state index contributed by atoms with van der Waals surface area (Å²) in [6.45, 7) is 13.4. The van der Waals surface area contributed by atoms with Gasteiger partial charge in [0, 0.05) is 101 Å². The number of anilines is 9. The number of aryl methyl sites for hydroxylation is 6. The fourth-order valence-electron chi connectivity index (χ4n) is 21.3. The molecular weight excluding hydrogens is 1740 g/mol. The third kappa shape index (κ3) is 11.9. The third-order valence-corrected chi connectivity index (χ3v) is 28.5. The zero-order valence-corrected chi connectivity index (χ0v) is 74.7. The van der Waals surface area contributed by atoms with Crippen LogP contribution in [0.3, 0.4) is 0 Å². The first kappa shape index (κ1) is 77.7. The van der Waals surface area contributed by atoms with Gasteiger partial charge in [0.05, 0.1) is 34.1 Å². The molecule has 26 rings (SSSR count). The lowest BCUT2D eigenvalue weighted by atomic mass is 9.84. The molecule has 0 aliphatic carbocycles. The summed E-state index contributed by atoms with van der Waals surface area (Å²) in [4.78, 5) is 7.28. The average Bonchev–Trinajstić information content (AvgIpc) is 0.911. The van der Waals surface area contributed by atoms with Gasteiger partial charge in [-0.15, -0.1) is 0 Å². The molecule has 0 aliphatic heterocycles. The van der Waals surface area contributed by atoms with Crippen LogP contribution in [0.15, 0.2) is 386 Å². The fourth-order valence-corrected chi connectivity index (χ4v) is 23.5. The molecule has 0 radical (unpaired) electrons. The minimum atomic E-state index is 0. The minimum absolute atomic E-state index is 0. The molecule has 606 valence electrons. The molecule has 0 atom stereocenters. The Labute approximate surface area is 759 Å². The Bertz CT molecular complexity index is 8880. The monoisotopic (exact) mass is 1820 g/mol. The van der Waals surface area contributed by atoms with E-state index in [0.717, 1.165) is 99.5 Å². The van der Waals surface area contributed by atoms with Crippen molar-refractivity contribution in [1.29, 1.82) is 0 Å². The molecule has 0 bridgehead atoms. The number of fused-ring (bicyclic) bond motifs is 16. The molecule has 0 fully saturated rings. The van der Waals surface area contributed by atoms with Crippen molar-refractivity contribution in [2.45, 2.75) is 49.0 Å². The first-order valence-electron chi connectivity index (χ1n) is 43.0. The molecule has 0 saturated heterocycles. The Morgan fingerprint density at radius 2 is 0.465 bits per heavy atom. The molecule has 5 nitrogen and oxygen atoms in total. The van der Waals surface area contributed by atoms with Crippen LogP contribution in [-0.4, -0.2) is 0 Å². The van der Waals surface area contributed by atoms with E-state index in [-0.39, 0.29) is 7.43 Å². The van der Waals surface area contributed by atoms with Crippen LogP contribution in [0.2, 0.25) is 0 Å². The zero-order chi connectivity index (χ0) is 84.6. The van der Waals surface area contributed by atoms with Gasteiger partial charge in [0.15, 0.2) is 11.2 Å². The molecule has 26 aromatic rings. The number of hydrogen-bond acceptors (Lipinski definition) is 5. The molecule has 2 heterocycles. The predicted molar refractivity (Wildman–Crippen MR) is 557 cm³/mol. The highest BCUT2D eigenvalue weighted by molar-refractivity contribution is 9.11. The van der Waals surface area contributed by atoms with Crippen LogP contribution in [0.25, 0.3) is 184 Å². The molecule has 0 amide bonds. The van der Waals surface area contributed by atoms with Gasteiger partial charge in [0.1, 0.15) is 11.2 Å². The van der Waals surface area contributed by atoms with Crippen molar-refractivity contribution in [3.8, 4) is 0 Å². The summed E-state index contributed by atoms with van der Waals surface area (Å²) in [5.74, 6) is 0. The molecule has 8 heteroatoms. The summed E-state index contributed by atoms with van der Waals surface area (Å²) in [5, 5.41) is 38.0. The van der Waals surface area contributed by atoms with Crippen molar-refractivity contribution in [2.24, 2.45) is 0 Å². The van der Waals surface area contributed by atoms with E-state index in [1.807, 2.05) is 12.1 Å². The molecular formula is C119H82Br3N3O2. The smallest absolute Gasteiger partial charge is 0.159 e. The Morgan fingerprint density at radius 1 is 0.181 bits per heavy atom. The second kappa shape index (κ2) is 30.4. The lowest BCUT2D eigenvalue weighted by molar-refractivity contribution is 0.669. The number of para-hydroxylation sites is 7. The van der Waals surface area contributed by atoms with E-state index in [2.05, 4.69) is 456 Å². The molecule has 0 aliphatic rings. The zero-order valence-electron chi connectivity index (χ0n) is 69.9. The van der Waals surface area contributed by atoms with E-state index >= 15 is 0 Å². The summed E-state index contributed by atoms with van der Waals surface area (Å²) in [6.07, 6.45) is 0. The molecule has 0 N–H and O–H groups in total. The second-order valence-corrected chi connectivity index (χ2v) is 36.4. The lowest BCUT2D eigenvalue weighted by Gasteiger charge is -2.31. The van der Waals surface area contributed by atoms with E-state index < -0.39 is 0 Å². The van der Waals surface area contributed by atoms with E-state index in [9.17, 15) is 0 Å². The molecule has 0 unspecified atom stereocenters. The Kier molecular flexibility index (Phi) is 18.6. The predicted octanol–water partition coefficient (Wildman–Crippen LogP) is 37.3. The topological polar surface area (TPSA) is 36.0 Å². The lowest BCUT2D eigenvalue weighted by Crippen LogP contribution is -2.13. The molecule has 0 spiro atoms. The van der Waals surface area contributed by atoms with Crippen molar-refractivity contribution in [1.82, 2.24) is 0 Å². The van der Waals surface area contributed by atoms with E-state index in [1.54, 1.807) is 0 Å². The maximum atomic E-state index is 6.75. The number of halogens is 3. The quantitative estimate of drug-likeness (QED) is 0.106. The summed E-state index contributed by atoms with van der Waals surface area (Å²) in [5.41, 5.74) is 21.1. The van der Waals surface area contributed by atoms with Crippen molar-refractivity contribution >= 4 is 283 Å². The molecule has 0 saturated carbocycles. The van der Waals surface area contributed by atoms with Crippen molar-refractivity contribution in [3.63, 3.8) is 0 Å². The molecule has 24 aromatic carbocycles. The summed E-state index contributed by atoms with van der Waals surface area (Å²) in [7, 11) is 0. The van der Waals surface area contributed by atoms with Gasteiger partial charge in [-0.05, 0) is 270 Å². The van der Waals surface area contributed by atoms with Gasteiger partial charge in [-0.3, -0.25) is 0 Å². The van der Waals surface area contributed by atoms with Crippen LogP contribution >= 0.6 is 47.8 Å². The Morgan fingerprint density at radius 3 is 0.913 bits per heavy atom. The maximum absolute atomic E-state index is 6.75. The van der Waals surface area contributed by atoms with E-state index in [0.29, 0.717) is 0 Å². The number of nitrogens with zero attached hydrogens (tertiary/aromatic N) is 3. The number of furan rings is 2. The highest BCUT2D eigenvalue weighted by Crippen LogP contribution is 2.57. The van der Waals surface area contributed by atoms with Gasteiger partial charge in [0.25, 0.3) is 0 Å². The highest BCUT2D eigenvalue weighted by atomic mass is 79.9. The van der Waals surface area contributed by atoms with Gasteiger partial charge in [-0.1, -0.05) is 316 Å². The number of hydrogen-bond donors (Lipinski definition) is 0. The van der Waals surface area contributed by atoms with Crippen molar-refractivity contribution < 1.29 is 8.83 Å². The number of rotatable bonds is 9. The first-order valence-corrected chi connectivity index (χ1v) is 45.4. The summed E-state index contributed by atoms with van der Waals surface area (Å²) < 4.78 is 16.8. The minimum Gasteiger partial charge on any atom is -0.454 e. The van der Waals surface area contributed by atoms with Gasteiger partial charge < -0.3 is 23.5 Å². The van der Waals surface area contributed by atoms with Crippen LogP contribution in [0, 0.1) is 41.5 Å². The maximum Gasteiger partial charge on any atom is 0.159 e.